The summed E-state index contributed by atoms with van der Waals surface area (Å²) in [5, 5.41) is 18.2. The van der Waals surface area contributed by atoms with Crippen LogP contribution in [0.15, 0.2) is 36.4 Å². The van der Waals surface area contributed by atoms with Crippen LogP contribution < -0.4 is 0 Å². The molecule has 0 unspecified atom stereocenters. The van der Waals surface area contributed by atoms with Gasteiger partial charge in [-0.2, -0.15) is 0 Å². The third kappa shape index (κ3) is 6.05. The molecule has 0 saturated carbocycles. The molecule has 2 N–H and O–H groups in total. The van der Waals surface area contributed by atoms with Gasteiger partial charge in [0, 0.05) is 57.2 Å². The third-order valence-electron chi connectivity index (χ3n) is 6.22. The standard InChI is InChI=1S/2C12H13F2IO2/c2*13-9-1-2-10(11(14)3-9)12(7-15)4-8(5-16)6-17-12/h2*1-3,8,16H,4-7H2/t8-,12+;8-,12-/m11/s1. The molecular formula is C24H26F4I2O4. The minimum Gasteiger partial charge on any atom is -0.396 e. The van der Waals surface area contributed by atoms with Crippen LogP contribution in [0.5, 0.6) is 0 Å². The lowest BCUT2D eigenvalue weighted by atomic mass is 9.89. The van der Waals surface area contributed by atoms with Crippen molar-refractivity contribution in [3.63, 3.8) is 0 Å². The highest BCUT2D eigenvalue weighted by atomic mass is 127. The number of aliphatic hydroxyl groups excluding tert-OH is 2. The maximum atomic E-state index is 13.8. The van der Waals surface area contributed by atoms with Gasteiger partial charge in [-0.05, 0) is 25.0 Å². The Morgan fingerprint density at radius 2 is 1.12 bits per heavy atom. The Morgan fingerprint density at radius 3 is 1.38 bits per heavy atom. The van der Waals surface area contributed by atoms with Crippen LogP contribution in [0, 0.1) is 35.1 Å². The van der Waals surface area contributed by atoms with Crippen LogP contribution in [0.2, 0.25) is 0 Å². The zero-order chi connectivity index (χ0) is 24.9. The zero-order valence-electron chi connectivity index (χ0n) is 18.3. The first-order valence-corrected chi connectivity index (χ1v) is 13.8. The van der Waals surface area contributed by atoms with Gasteiger partial charge >= 0.3 is 0 Å². The van der Waals surface area contributed by atoms with Crippen molar-refractivity contribution in [1.29, 1.82) is 0 Å². The van der Waals surface area contributed by atoms with Gasteiger partial charge in [0.25, 0.3) is 0 Å². The van der Waals surface area contributed by atoms with Crippen molar-refractivity contribution in [3.8, 4) is 0 Å². The number of alkyl halides is 2. The van der Waals surface area contributed by atoms with Gasteiger partial charge in [-0.1, -0.05) is 57.3 Å². The van der Waals surface area contributed by atoms with Gasteiger partial charge in [-0.25, -0.2) is 17.6 Å². The van der Waals surface area contributed by atoms with Crippen LogP contribution in [-0.2, 0) is 20.7 Å². The number of halogens is 6. The summed E-state index contributed by atoms with van der Waals surface area (Å²) in [6, 6.07) is 7.09. The van der Waals surface area contributed by atoms with Gasteiger partial charge in [-0.15, -0.1) is 0 Å². The Hall–Kier alpha value is -0.540. The first-order valence-electron chi connectivity index (χ1n) is 10.7. The molecule has 0 aliphatic carbocycles. The minimum atomic E-state index is -0.730. The van der Waals surface area contributed by atoms with Gasteiger partial charge in [-0.3, -0.25) is 0 Å². The molecule has 2 fully saturated rings. The highest BCUT2D eigenvalue weighted by Crippen LogP contribution is 2.42. The molecule has 4 rings (SSSR count). The van der Waals surface area contributed by atoms with Crippen molar-refractivity contribution >= 4 is 45.2 Å². The third-order valence-corrected chi connectivity index (χ3v) is 8.68. The molecule has 34 heavy (non-hydrogen) atoms. The smallest absolute Gasteiger partial charge is 0.132 e. The van der Waals surface area contributed by atoms with Crippen molar-refractivity contribution < 1.29 is 37.2 Å². The van der Waals surface area contributed by atoms with E-state index in [-0.39, 0.29) is 25.0 Å². The van der Waals surface area contributed by atoms with Crippen LogP contribution in [-0.4, -0.2) is 45.5 Å². The lowest BCUT2D eigenvalue weighted by molar-refractivity contribution is 0.0183. The van der Waals surface area contributed by atoms with Crippen molar-refractivity contribution in [2.45, 2.75) is 24.0 Å². The zero-order valence-corrected chi connectivity index (χ0v) is 22.6. The highest BCUT2D eigenvalue weighted by molar-refractivity contribution is 14.1. The molecular weight excluding hydrogens is 682 g/mol. The van der Waals surface area contributed by atoms with Crippen LogP contribution >= 0.6 is 45.2 Å². The molecule has 10 heteroatoms. The predicted octanol–water partition coefficient (Wildman–Crippen LogP) is 5.25. The second-order valence-corrected chi connectivity index (χ2v) is 10.2. The number of hydrogen-bond donors (Lipinski definition) is 2. The van der Waals surface area contributed by atoms with Gasteiger partial charge < -0.3 is 19.7 Å². The summed E-state index contributed by atoms with van der Waals surface area (Å²) < 4.78 is 65.8. The SMILES string of the molecule is OC[C@@H]1CO[C@@](CI)(c2ccc(F)cc2F)C1.OC[C@@H]1CO[C@](CI)(c2ccc(F)cc2F)C1. The largest absolute Gasteiger partial charge is 0.396 e. The Bertz CT molecular complexity index is 904. The number of aliphatic hydroxyl groups is 2. The minimum absolute atomic E-state index is 0.0224. The molecule has 2 aliphatic heterocycles. The first-order chi connectivity index (χ1) is 16.2. The lowest BCUT2D eigenvalue weighted by Crippen LogP contribution is -2.28. The fourth-order valence-electron chi connectivity index (χ4n) is 4.38. The Balaban J connectivity index is 0.000000191. The average Bonchev–Trinajstić information content (AvgIpc) is 3.45. The van der Waals surface area contributed by atoms with Crippen molar-refractivity contribution in [2.75, 3.05) is 35.3 Å². The first kappa shape index (κ1) is 28.0. The number of hydrogen-bond acceptors (Lipinski definition) is 4. The molecule has 4 atom stereocenters. The molecule has 2 heterocycles. The summed E-state index contributed by atoms with van der Waals surface area (Å²) in [4.78, 5) is 0. The Kier molecular flexibility index (Phi) is 10.0. The number of benzene rings is 2. The number of rotatable bonds is 6. The monoisotopic (exact) mass is 708 g/mol. The van der Waals surface area contributed by atoms with E-state index in [9.17, 15) is 17.6 Å². The molecule has 2 saturated heterocycles. The Morgan fingerprint density at radius 1 is 0.735 bits per heavy atom. The molecule has 188 valence electrons. The molecule has 0 radical (unpaired) electrons. The second-order valence-electron chi connectivity index (χ2n) is 8.63. The predicted molar refractivity (Wildman–Crippen MR) is 136 cm³/mol. The van der Waals surface area contributed by atoms with E-state index < -0.39 is 34.5 Å². The molecule has 2 aromatic rings. The van der Waals surface area contributed by atoms with Crippen molar-refractivity contribution in [3.05, 3.63) is 70.8 Å². The number of ether oxygens (including phenoxy) is 2. The molecule has 2 aromatic carbocycles. The summed E-state index contributed by atoms with van der Waals surface area (Å²) in [5.74, 6) is -2.30. The Labute approximate surface area is 223 Å². The van der Waals surface area contributed by atoms with Gasteiger partial charge in [0.05, 0.1) is 13.2 Å². The van der Waals surface area contributed by atoms with E-state index in [1.54, 1.807) is 0 Å². The van der Waals surface area contributed by atoms with E-state index in [0.717, 1.165) is 12.1 Å². The van der Waals surface area contributed by atoms with E-state index in [2.05, 4.69) is 45.2 Å². The van der Waals surface area contributed by atoms with Gasteiger partial charge in [0.15, 0.2) is 0 Å². The van der Waals surface area contributed by atoms with Crippen molar-refractivity contribution in [2.24, 2.45) is 11.8 Å². The molecule has 0 bridgehead atoms. The summed E-state index contributed by atoms with van der Waals surface area (Å²) in [7, 11) is 0. The summed E-state index contributed by atoms with van der Waals surface area (Å²) >= 11 is 4.26. The van der Waals surface area contributed by atoms with E-state index in [4.69, 9.17) is 19.7 Å². The quantitative estimate of drug-likeness (QED) is 0.245. The maximum absolute atomic E-state index is 13.8. The van der Waals surface area contributed by atoms with Gasteiger partial charge in [0.1, 0.15) is 34.5 Å². The van der Waals surface area contributed by atoms with E-state index in [1.165, 1.54) is 24.3 Å². The molecule has 0 aromatic heterocycles. The molecule has 2 aliphatic rings. The molecule has 0 spiro atoms. The van der Waals surface area contributed by atoms with Crippen LogP contribution in [0.1, 0.15) is 24.0 Å². The summed E-state index contributed by atoms with van der Waals surface area (Å²) in [5.41, 5.74) is -0.703. The normalized spacial score (nSPS) is 28.6. The van der Waals surface area contributed by atoms with Crippen LogP contribution in [0.4, 0.5) is 17.6 Å². The molecule has 4 nitrogen and oxygen atoms in total. The molecule has 0 amide bonds. The van der Waals surface area contributed by atoms with Crippen LogP contribution in [0.3, 0.4) is 0 Å². The topological polar surface area (TPSA) is 58.9 Å². The highest BCUT2D eigenvalue weighted by Gasteiger charge is 2.43. The summed E-state index contributed by atoms with van der Waals surface area (Å²) in [6.45, 7) is 0.884. The average molecular weight is 708 g/mol. The van der Waals surface area contributed by atoms with E-state index >= 15 is 0 Å². The van der Waals surface area contributed by atoms with E-state index in [0.29, 0.717) is 46.0 Å². The maximum Gasteiger partial charge on any atom is 0.132 e. The fraction of sp³-hybridized carbons (Fsp3) is 0.500. The fourth-order valence-corrected chi connectivity index (χ4v) is 6.27. The van der Waals surface area contributed by atoms with Gasteiger partial charge in [0.2, 0.25) is 0 Å². The lowest BCUT2D eigenvalue weighted by Gasteiger charge is -2.27. The second kappa shape index (κ2) is 12.1. The van der Waals surface area contributed by atoms with Crippen molar-refractivity contribution in [1.82, 2.24) is 0 Å². The van der Waals surface area contributed by atoms with Crippen LogP contribution in [0.25, 0.3) is 0 Å². The summed E-state index contributed by atoms with van der Waals surface area (Å²) in [6.07, 6.45) is 1.13. The van der Waals surface area contributed by atoms with E-state index in [1.807, 2.05) is 0 Å².